The number of aryl methyl sites for hydroxylation is 2. The van der Waals surface area contributed by atoms with Gasteiger partial charge in [-0.1, -0.05) is 10.6 Å². The molecular formula is C17H19F2N3OS. The van der Waals surface area contributed by atoms with Gasteiger partial charge in [0, 0.05) is 13.1 Å². The van der Waals surface area contributed by atoms with E-state index in [1.807, 2.05) is 4.90 Å². The summed E-state index contributed by atoms with van der Waals surface area (Å²) in [6.07, 6.45) is 3.55. The van der Waals surface area contributed by atoms with Crippen LogP contribution in [-0.4, -0.2) is 33.5 Å². The highest BCUT2D eigenvalue weighted by Crippen LogP contribution is 2.24. The van der Waals surface area contributed by atoms with Crippen molar-refractivity contribution in [2.45, 2.75) is 32.6 Å². The number of carbonyl (C=O) groups is 1. The number of benzene rings is 1. The van der Waals surface area contributed by atoms with Crippen molar-refractivity contribution >= 4 is 17.4 Å². The van der Waals surface area contributed by atoms with Crippen LogP contribution >= 0.6 is 11.5 Å². The van der Waals surface area contributed by atoms with E-state index in [0.717, 1.165) is 42.9 Å². The molecule has 128 valence electrons. The van der Waals surface area contributed by atoms with Crippen LogP contribution in [0.3, 0.4) is 0 Å². The minimum absolute atomic E-state index is 0.0000247. The summed E-state index contributed by atoms with van der Waals surface area (Å²) in [4.78, 5) is 15.0. The number of amides is 1. The van der Waals surface area contributed by atoms with Gasteiger partial charge in [0.05, 0.1) is 5.69 Å². The zero-order chi connectivity index (χ0) is 17.1. The standard InChI is InChI=1S/C17H19F2N3OS/c1-11-16(24-21-20-11)17(23)22-8-2-3-13(10-22)5-4-12-6-7-14(18)15(19)9-12/h6-7,9,13H,2-5,8,10H2,1H3. The third-order valence-electron chi connectivity index (χ3n) is 4.48. The number of piperidine rings is 1. The van der Waals surface area contributed by atoms with Crippen LogP contribution in [0, 0.1) is 24.5 Å². The van der Waals surface area contributed by atoms with Crippen LogP contribution in [0.4, 0.5) is 8.78 Å². The number of hydrogen-bond acceptors (Lipinski definition) is 4. The van der Waals surface area contributed by atoms with Crippen LogP contribution in [0.5, 0.6) is 0 Å². The second kappa shape index (κ2) is 7.34. The van der Waals surface area contributed by atoms with Gasteiger partial charge in [0.2, 0.25) is 0 Å². The van der Waals surface area contributed by atoms with Crippen LogP contribution in [-0.2, 0) is 6.42 Å². The molecule has 1 atom stereocenters. The largest absolute Gasteiger partial charge is 0.338 e. The molecule has 0 radical (unpaired) electrons. The van der Waals surface area contributed by atoms with E-state index in [9.17, 15) is 13.6 Å². The Morgan fingerprint density at radius 2 is 2.21 bits per heavy atom. The van der Waals surface area contributed by atoms with Gasteiger partial charge in [-0.05, 0) is 67.8 Å². The fraction of sp³-hybridized carbons (Fsp3) is 0.471. The van der Waals surface area contributed by atoms with Gasteiger partial charge in [0.1, 0.15) is 4.88 Å². The lowest BCUT2D eigenvalue weighted by Gasteiger charge is -2.32. The summed E-state index contributed by atoms with van der Waals surface area (Å²) in [6, 6.07) is 4.05. The van der Waals surface area contributed by atoms with Crippen LogP contribution in [0.25, 0.3) is 0 Å². The van der Waals surface area contributed by atoms with Crippen LogP contribution in [0.1, 0.15) is 40.2 Å². The van der Waals surface area contributed by atoms with Gasteiger partial charge in [-0.25, -0.2) is 8.78 Å². The first-order chi connectivity index (χ1) is 11.5. The molecule has 1 aromatic heterocycles. The Bertz CT molecular complexity index is 734. The van der Waals surface area contributed by atoms with Gasteiger partial charge in [0.25, 0.3) is 5.91 Å². The van der Waals surface area contributed by atoms with Crippen molar-refractivity contribution in [1.29, 1.82) is 0 Å². The Labute approximate surface area is 143 Å². The number of halogens is 2. The quantitative estimate of drug-likeness (QED) is 0.845. The zero-order valence-corrected chi connectivity index (χ0v) is 14.3. The highest BCUT2D eigenvalue weighted by molar-refractivity contribution is 7.07. The molecule has 1 unspecified atom stereocenters. The van der Waals surface area contributed by atoms with Gasteiger partial charge >= 0.3 is 0 Å². The predicted octanol–water partition coefficient (Wildman–Crippen LogP) is 3.61. The minimum atomic E-state index is -0.818. The molecule has 1 aromatic carbocycles. The molecule has 2 heterocycles. The Hall–Kier alpha value is -1.89. The van der Waals surface area contributed by atoms with E-state index in [0.29, 0.717) is 29.5 Å². The predicted molar refractivity (Wildman–Crippen MR) is 88.0 cm³/mol. The first-order valence-corrected chi connectivity index (χ1v) is 8.84. The summed E-state index contributed by atoms with van der Waals surface area (Å²) in [5, 5.41) is 3.90. The first-order valence-electron chi connectivity index (χ1n) is 8.06. The van der Waals surface area contributed by atoms with E-state index in [2.05, 4.69) is 9.59 Å². The fourth-order valence-electron chi connectivity index (χ4n) is 3.12. The first kappa shape index (κ1) is 17.0. The monoisotopic (exact) mass is 351 g/mol. The molecule has 1 amide bonds. The van der Waals surface area contributed by atoms with Crippen LogP contribution < -0.4 is 0 Å². The summed E-state index contributed by atoms with van der Waals surface area (Å²) >= 11 is 1.14. The molecule has 1 saturated heterocycles. The molecule has 0 bridgehead atoms. The van der Waals surface area contributed by atoms with Crippen molar-refractivity contribution in [2.24, 2.45) is 5.92 Å². The van der Waals surface area contributed by atoms with Crippen molar-refractivity contribution in [3.8, 4) is 0 Å². The molecule has 24 heavy (non-hydrogen) atoms. The number of nitrogens with zero attached hydrogens (tertiary/aromatic N) is 3. The molecular weight excluding hydrogens is 332 g/mol. The van der Waals surface area contributed by atoms with E-state index in [-0.39, 0.29) is 5.91 Å². The van der Waals surface area contributed by atoms with Gasteiger partial charge in [-0.3, -0.25) is 4.79 Å². The maximum atomic E-state index is 13.3. The number of rotatable bonds is 4. The molecule has 1 fully saturated rings. The van der Waals surface area contributed by atoms with Crippen molar-refractivity contribution in [3.63, 3.8) is 0 Å². The highest BCUT2D eigenvalue weighted by Gasteiger charge is 2.26. The smallest absolute Gasteiger partial charge is 0.267 e. The summed E-state index contributed by atoms with van der Waals surface area (Å²) in [5.74, 6) is -1.25. The molecule has 3 rings (SSSR count). The summed E-state index contributed by atoms with van der Waals surface area (Å²) < 4.78 is 30.1. The summed E-state index contributed by atoms with van der Waals surface area (Å²) in [7, 11) is 0. The van der Waals surface area contributed by atoms with E-state index in [4.69, 9.17) is 0 Å². The average molecular weight is 351 g/mol. The van der Waals surface area contributed by atoms with Gasteiger partial charge in [0.15, 0.2) is 11.6 Å². The molecule has 0 spiro atoms. The number of likely N-dealkylation sites (tertiary alicyclic amines) is 1. The second-order valence-electron chi connectivity index (χ2n) is 6.23. The Kier molecular flexibility index (Phi) is 5.18. The summed E-state index contributed by atoms with van der Waals surface area (Å²) in [6.45, 7) is 3.24. The van der Waals surface area contributed by atoms with Crippen molar-refractivity contribution in [1.82, 2.24) is 14.5 Å². The van der Waals surface area contributed by atoms with Gasteiger partial charge < -0.3 is 4.90 Å². The Morgan fingerprint density at radius 3 is 2.92 bits per heavy atom. The molecule has 4 nitrogen and oxygen atoms in total. The average Bonchev–Trinajstić information content (AvgIpc) is 3.01. The van der Waals surface area contributed by atoms with Gasteiger partial charge in [-0.2, -0.15) is 0 Å². The lowest BCUT2D eigenvalue weighted by atomic mass is 9.91. The molecule has 2 aromatic rings. The molecule has 0 aliphatic carbocycles. The van der Waals surface area contributed by atoms with E-state index in [1.54, 1.807) is 13.0 Å². The van der Waals surface area contributed by atoms with E-state index < -0.39 is 11.6 Å². The lowest BCUT2D eigenvalue weighted by molar-refractivity contribution is 0.0672. The van der Waals surface area contributed by atoms with E-state index >= 15 is 0 Å². The van der Waals surface area contributed by atoms with Gasteiger partial charge in [-0.15, -0.1) is 5.10 Å². The second-order valence-corrected chi connectivity index (χ2v) is 6.99. The fourth-order valence-corrected chi connectivity index (χ4v) is 3.75. The topological polar surface area (TPSA) is 46.1 Å². The van der Waals surface area contributed by atoms with Crippen molar-refractivity contribution < 1.29 is 13.6 Å². The Morgan fingerprint density at radius 1 is 1.38 bits per heavy atom. The molecule has 1 aliphatic heterocycles. The third-order valence-corrected chi connectivity index (χ3v) is 5.29. The van der Waals surface area contributed by atoms with E-state index in [1.165, 1.54) is 12.1 Å². The van der Waals surface area contributed by atoms with Crippen molar-refractivity contribution in [3.05, 3.63) is 46.0 Å². The zero-order valence-electron chi connectivity index (χ0n) is 13.5. The third kappa shape index (κ3) is 3.77. The molecule has 0 N–H and O–H groups in total. The minimum Gasteiger partial charge on any atom is -0.338 e. The maximum absolute atomic E-state index is 13.3. The normalized spacial score (nSPS) is 18.0. The van der Waals surface area contributed by atoms with Crippen LogP contribution in [0.2, 0.25) is 0 Å². The molecule has 0 saturated carbocycles. The number of carbonyl (C=O) groups excluding carboxylic acids is 1. The summed E-state index contributed by atoms with van der Waals surface area (Å²) in [5.41, 5.74) is 1.47. The van der Waals surface area contributed by atoms with Crippen LogP contribution in [0.15, 0.2) is 18.2 Å². The Balaban J connectivity index is 1.58. The highest BCUT2D eigenvalue weighted by atomic mass is 32.1. The number of aromatic nitrogens is 2. The molecule has 1 aliphatic rings. The van der Waals surface area contributed by atoms with Crippen molar-refractivity contribution in [2.75, 3.05) is 13.1 Å². The number of hydrogen-bond donors (Lipinski definition) is 0. The lowest BCUT2D eigenvalue weighted by Crippen LogP contribution is -2.40. The maximum Gasteiger partial charge on any atom is 0.267 e. The SMILES string of the molecule is Cc1nnsc1C(=O)N1CCCC(CCc2ccc(F)c(F)c2)C1. The molecule has 7 heteroatoms.